The van der Waals surface area contributed by atoms with E-state index in [1.54, 1.807) is 0 Å². The van der Waals surface area contributed by atoms with Gasteiger partial charge in [-0.15, -0.1) is 0 Å². The van der Waals surface area contributed by atoms with Gasteiger partial charge in [0.1, 0.15) is 0 Å². The zero-order chi connectivity index (χ0) is 15.8. The molecule has 5 nitrogen and oxygen atoms in total. The molecule has 0 unspecified atom stereocenters. The van der Waals surface area contributed by atoms with Gasteiger partial charge in [-0.25, -0.2) is 22.0 Å². The highest BCUT2D eigenvalue weighted by Crippen LogP contribution is 2.25. The van der Waals surface area contributed by atoms with Crippen LogP contribution < -0.4 is 0 Å². The van der Waals surface area contributed by atoms with E-state index in [1.807, 2.05) is 0 Å². The fourth-order valence-electron chi connectivity index (χ4n) is 1.30. The molecule has 0 aliphatic carbocycles. The van der Waals surface area contributed by atoms with Gasteiger partial charge in [-0.3, -0.25) is 14.4 Å². The second kappa shape index (κ2) is 5.23. The molecule has 10 heteroatoms. The van der Waals surface area contributed by atoms with Gasteiger partial charge in [-0.1, -0.05) is 0 Å². The molecule has 0 amide bonds. The number of aliphatic carboxylic acids is 2. The van der Waals surface area contributed by atoms with Gasteiger partial charge >= 0.3 is 11.9 Å². The molecular weight excluding hydrogens is 295 g/mol. The maximum Gasteiger partial charge on any atom is 0.325 e. The molecule has 0 heterocycles. The van der Waals surface area contributed by atoms with E-state index in [2.05, 4.69) is 0 Å². The van der Waals surface area contributed by atoms with Crippen LogP contribution in [0, 0.1) is 35.0 Å². The van der Waals surface area contributed by atoms with Crippen molar-refractivity contribution in [3.8, 4) is 0 Å². The first-order valence-corrected chi connectivity index (χ1v) is 4.62. The summed E-state index contributed by atoms with van der Waals surface area (Å²) in [4.78, 5) is 32.4. The summed E-state index contributed by atoms with van der Waals surface area (Å²) in [5, 5.41) is 16.9. The number of hydrogen-bond acceptors (Lipinski definition) is 3. The number of carbonyl (C=O) groups excluding carboxylic acids is 1. The van der Waals surface area contributed by atoms with Crippen molar-refractivity contribution in [3.63, 3.8) is 0 Å². The van der Waals surface area contributed by atoms with Crippen molar-refractivity contribution in [2.24, 2.45) is 5.92 Å². The van der Waals surface area contributed by atoms with Crippen LogP contribution in [0.25, 0.3) is 0 Å². The van der Waals surface area contributed by atoms with Gasteiger partial charge in [-0.05, 0) is 0 Å². The second-order valence-electron chi connectivity index (χ2n) is 3.42. The monoisotopic (exact) mass is 298 g/mol. The van der Waals surface area contributed by atoms with Gasteiger partial charge in [0.2, 0.25) is 11.7 Å². The van der Waals surface area contributed by atoms with Crippen LogP contribution in [-0.2, 0) is 9.59 Å². The highest BCUT2D eigenvalue weighted by molar-refractivity contribution is 6.20. The quantitative estimate of drug-likeness (QED) is 0.288. The third kappa shape index (κ3) is 2.31. The van der Waals surface area contributed by atoms with Crippen molar-refractivity contribution < 1.29 is 46.5 Å². The largest absolute Gasteiger partial charge is 0.480 e. The summed E-state index contributed by atoms with van der Waals surface area (Å²) in [5.74, 6) is -22.6. The summed E-state index contributed by atoms with van der Waals surface area (Å²) in [6.45, 7) is 0. The molecule has 0 spiro atoms. The van der Waals surface area contributed by atoms with Crippen LogP contribution in [0.2, 0.25) is 0 Å². The minimum atomic E-state index is -3.00. The van der Waals surface area contributed by atoms with Crippen LogP contribution >= 0.6 is 0 Å². The molecule has 1 rings (SSSR count). The van der Waals surface area contributed by atoms with E-state index >= 15 is 0 Å². The van der Waals surface area contributed by atoms with Gasteiger partial charge < -0.3 is 10.2 Å². The van der Waals surface area contributed by atoms with Crippen molar-refractivity contribution >= 4 is 17.7 Å². The number of hydrogen-bond donors (Lipinski definition) is 2. The molecule has 0 radical (unpaired) electrons. The first-order chi connectivity index (χ1) is 9.11. The number of benzene rings is 1. The summed E-state index contributed by atoms with van der Waals surface area (Å²) in [7, 11) is 0. The smallest absolute Gasteiger partial charge is 0.325 e. The number of carbonyl (C=O) groups is 3. The van der Waals surface area contributed by atoms with E-state index in [9.17, 15) is 36.3 Å². The Bertz CT molecular complexity index is 584. The number of Topliss-reactive ketones (excluding diaryl/α,β-unsaturated/α-hetero) is 1. The van der Waals surface area contributed by atoms with E-state index in [0.29, 0.717) is 0 Å². The molecule has 108 valence electrons. The minimum Gasteiger partial charge on any atom is -0.480 e. The van der Waals surface area contributed by atoms with Gasteiger partial charge in [-0.2, -0.15) is 0 Å². The lowest BCUT2D eigenvalue weighted by molar-refractivity contribution is -0.151. The first-order valence-electron chi connectivity index (χ1n) is 4.62. The Labute approximate surface area is 106 Å². The summed E-state index contributed by atoms with van der Waals surface area (Å²) in [6, 6.07) is 0. The van der Waals surface area contributed by atoms with Crippen LogP contribution in [-0.4, -0.2) is 27.9 Å². The zero-order valence-corrected chi connectivity index (χ0v) is 9.09. The third-order valence-electron chi connectivity index (χ3n) is 2.21. The fourth-order valence-corrected chi connectivity index (χ4v) is 1.30. The van der Waals surface area contributed by atoms with Gasteiger partial charge in [0, 0.05) is 0 Å². The van der Waals surface area contributed by atoms with E-state index in [-0.39, 0.29) is 0 Å². The average molecular weight is 298 g/mol. The molecule has 0 saturated heterocycles. The fraction of sp³-hybridized carbons (Fsp3) is 0.100. The van der Waals surface area contributed by atoms with Gasteiger partial charge in [0.05, 0.1) is 5.56 Å². The molecule has 0 bridgehead atoms. The molecule has 20 heavy (non-hydrogen) atoms. The van der Waals surface area contributed by atoms with Crippen LogP contribution in [0.1, 0.15) is 10.4 Å². The standard InChI is InChI=1S/C10H3F5O5/c11-3-1(4(12)6(14)7(15)5(3)13)8(16)2(9(17)18)10(19)20/h2H,(H,17,18)(H,19,20). The highest BCUT2D eigenvalue weighted by atomic mass is 19.2. The topological polar surface area (TPSA) is 91.7 Å². The summed E-state index contributed by atoms with van der Waals surface area (Å²) < 4.78 is 64.8. The molecule has 0 atom stereocenters. The lowest BCUT2D eigenvalue weighted by Gasteiger charge is -2.10. The Hall–Kier alpha value is -2.52. The van der Waals surface area contributed by atoms with Crippen molar-refractivity contribution in [2.75, 3.05) is 0 Å². The predicted octanol–water partition coefficient (Wildman–Crippen LogP) is 1.35. The van der Waals surface area contributed by atoms with Gasteiger partial charge in [0.15, 0.2) is 29.1 Å². The predicted molar refractivity (Wildman–Crippen MR) is 49.3 cm³/mol. The Morgan fingerprint density at radius 3 is 1.30 bits per heavy atom. The molecule has 2 N–H and O–H groups in total. The number of ketones is 1. The summed E-state index contributed by atoms with van der Waals surface area (Å²) in [6.07, 6.45) is 0. The Morgan fingerprint density at radius 2 is 1.00 bits per heavy atom. The normalized spacial score (nSPS) is 10.7. The van der Waals surface area contributed by atoms with Crippen molar-refractivity contribution in [1.29, 1.82) is 0 Å². The second-order valence-corrected chi connectivity index (χ2v) is 3.42. The van der Waals surface area contributed by atoms with Crippen molar-refractivity contribution in [3.05, 3.63) is 34.6 Å². The molecular formula is C10H3F5O5. The van der Waals surface area contributed by atoms with E-state index in [1.165, 1.54) is 0 Å². The van der Waals surface area contributed by atoms with Crippen LogP contribution in [0.15, 0.2) is 0 Å². The average Bonchev–Trinajstić information content (AvgIpc) is 2.33. The maximum absolute atomic E-state index is 13.2. The van der Waals surface area contributed by atoms with E-state index < -0.39 is 58.3 Å². The third-order valence-corrected chi connectivity index (χ3v) is 2.21. The van der Waals surface area contributed by atoms with Crippen LogP contribution in [0.5, 0.6) is 0 Å². The molecule has 0 aliphatic heterocycles. The Kier molecular flexibility index (Phi) is 4.06. The molecule has 1 aromatic rings. The van der Waals surface area contributed by atoms with E-state index in [0.717, 1.165) is 0 Å². The molecule has 0 aromatic heterocycles. The Morgan fingerprint density at radius 1 is 0.700 bits per heavy atom. The number of carboxylic acids is 2. The number of rotatable bonds is 4. The molecule has 0 aliphatic rings. The summed E-state index contributed by atoms with van der Waals surface area (Å²) in [5.41, 5.74) is -2.11. The lowest BCUT2D eigenvalue weighted by atomic mass is 9.96. The number of halogens is 5. The van der Waals surface area contributed by atoms with Crippen LogP contribution in [0.3, 0.4) is 0 Å². The zero-order valence-electron chi connectivity index (χ0n) is 9.09. The summed E-state index contributed by atoms with van der Waals surface area (Å²) >= 11 is 0. The highest BCUT2D eigenvalue weighted by Gasteiger charge is 2.40. The Balaban J connectivity index is 3.59. The minimum absolute atomic E-state index is 2.11. The maximum atomic E-state index is 13.2. The van der Waals surface area contributed by atoms with Crippen molar-refractivity contribution in [2.45, 2.75) is 0 Å². The van der Waals surface area contributed by atoms with Crippen LogP contribution in [0.4, 0.5) is 22.0 Å². The number of carboxylic acid groups (broad SMARTS) is 2. The van der Waals surface area contributed by atoms with Gasteiger partial charge in [0.25, 0.3) is 0 Å². The molecule has 0 fully saturated rings. The lowest BCUT2D eigenvalue weighted by Crippen LogP contribution is -2.33. The molecule has 0 saturated carbocycles. The SMILES string of the molecule is O=C(O)C(C(=O)O)C(=O)c1c(F)c(F)c(F)c(F)c1F. The van der Waals surface area contributed by atoms with Crippen molar-refractivity contribution in [1.82, 2.24) is 0 Å². The first kappa shape index (κ1) is 15.5. The van der Waals surface area contributed by atoms with E-state index in [4.69, 9.17) is 10.2 Å². The molecule has 1 aromatic carbocycles.